The SMILES string of the molecule is C[C@](O)(c1ccc(N2CCN(S(=O)(=O)C3=CC=CCC3=S)C[C@@H]2CN2CC3(COC3)C2)cc1)C(F)(F)F. The van der Waals surface area contributed by atoms with Crippen LogP contribution in [-0.2, 0) is 20.4 Å². The first-order chi connectivity index (χ1) is 17.3. The number of thiocarbonyl (C=S) groups is 1. The van der Waals surface area contributed by atoms with Gasteiger partial charge in [0.15, 0.2) is 5.60 Å². The highest BCUT2D eigenvalue weighted by molar-refractivity contribution is 7.96. The molecule has 5 rings (SSSR count). The van der Waals surface area contributed by atoms with Crippen LogP contribution in [0.1, 0.15) is 18.9 Å². The largest absolute Gasteiger partial charge is 0.421 e. The number of alkyl halides is 3. The van der Waals surface area contributed by atoms with Crippen molar-refractivity contribution in [2.45, 2.75) is 31.2 Å². The Morgan fingerprint density at radius 2 is 1.84 bits per heavy atom. The smallest absolute Gasteiger partial charge is 0.380 e. The van der Waals surface area contributed by atoms with Crippen LogP contribution in [-0.4, -0.2) is 92.3 Å². The molecule has 3 saturated heterocycles. The van der Waals surface area contributed by atoms with Gasteiger partial charge in [-0.25, -0.2) is 8.42 Å². The molecule has 3 aliphatic heterocycles. The van der Waals surface area contributed by atoms with E-state index < -0.39 is 21.8 Å². The highest BCUT2D eigenvalue weighted by Gasteiger charge is 2.52. The molecule has 0 unspecified atom stereocenters. The van der Waals surface area contributed by atoms with Crippen LogP contribution < -0.4 is 4.90 Å². The van der Waals surface area contributed by atoms with Crippen molar-refractivity contribution in [3.63, 3.8) is 0 Å². The monoisotopic (exact) mass is 557 g/mol. The third kappa shape index (κ3) is 4.87. The van der Waals surface area contributed by atoms with E-state index in [0.717, 1.165) is 33.2 Å². The summed E-state index contributed by atoms with van der Waals surface area (Å²) < 4.78 is 73.7. The fraction of sp³-hybridized carbons (Fsp3) is 0.560. The van der Waals surface area contributed by atoms with Crippen LogP contribution in [0.25, 0.3) is 0 Å². The van der Waals surface area contributed by atoms with Crippen molar-refractivity contribution in [1.29, 1.82) is 0 Å². The summed E-state index contributed by atoms with van der Waals surface area (Å²) in [6, 6.07) is 5.47. The Balaban J connectivity index is 1.37. The Labute approximate surface area is 220 Å². The zero-order valence-corrected chi connectivity index (χ0v) is 22.1. The van der Waals surface area contributed by atoms with E-state index in [9.17, 15) is 26.7 Å². The lowest BCUT2D eigenvalue weighted by molar-refractivity contribution is -0.258. The summed E-state index contributed by atoms with van der Waals surface area (Å²) in [4.78, 5) is 4.87. The molecule has 2 atom stereocenters. The van der Waals surface area contributed by atoms with E-state index in [1.165, 1.54) is 16.4 Å². The first kappa shape index (κ1) is 26.8. The average molecular weight is 558 g/mol. The molecule has 1 spiro atoms. The molecule has 0 bridgehead atoms. The third-order valence-corrected chi connectivity index (χ3v) is 10.2. The van der Waals surface area contributed by atoms with Crippen molar-refractivity contribution in [2.75, 3.05) is 57.4 Å². The number of ether oxygens (including phenoxy) is 1. The van der Waals surface area contributed by atoms with Crippen LogP contribution in [0.2, 0.25) is 0 Å². The number of halogens is 3. The van der Waals surface area contributed by atoms with Gasteiger partial charge in [-0.1, -0.05) is 36.5 Å². The molecule has 37 heavy (non-hydrogen) atoms. The molecule has 4 aliphatic rings. The minimum Gasteiger partial charge on any atom is -0.380 e. The van der Waals surface area contributed by atoms with Crippen LogP contribution in [0.15, 0.2) is 47.4 Å². The summed E-state index contributed by atoms with van der Waals surface area (Å²) in [5, 5.41) is 10.0. The number of benzene rings is 1. The predicted molar refractivity (Wildman–Crippen MR) is 138 cm³/mol. The van der Waals surface area contributed by atoms with E-state index in [4.69, 9.17) is 17.0 Å². The molecule has 3 fully saturated rings. The maximum atomic E-state index is 13.5. The van der Waals surface area contributed by atoms with Gasteiger partial charge in [0.2, 0.25) is 10.0 Å². The summed E-state index contributed by atoms with van der Waals surface area (Å²) in [5.74, 6) is 0. The second-order valence-corrected chi connectivity index (χ2v) is 13.0. The topological polar surface area (TPSA) is 73.3 Å². The second-order valence-electron chi connectivity index (χ2n) is 10.6. The van der Waals surface area contributed by atoms with Crippen molar-refractivity contribution in [2.24, 2.45) is 5.41 Å². The van der Waals surface area contributed by atoms with Crippen molar-refractivity contribution >= 4 is 32.8 Å². The number of likely N-dealkylation sites (tertiary alicyclic amines) is 1. The Hall–Kier alpha value is -1.83. The van der Waals surface area contributed by atoms with E-state index in [2.05, 4.69) is 4.90 Å². The minimum atomic E-state index is -4.81. The number of anilines is 1. The Morgan fingerprint density at radius 1 is 1.16 bits per heavy atom. The number of allylic oxidation sites excluding steroid dienone is 4. The third-order valence-electron chi connectivity index (χ3n) is 7.74. The predicted octanol–water partition coefficient (Wildman–Crippen LogP) is 2.82. The van der Waals surface area contributed by atoms with Gasteiger partial charge in [0, 0.05) is 61.7 Å². The van der Waals surface area contributed by atoms with Gasteiger partial charge in [-0.15, -0.1) is 0 Å². The highest BCUT2D eigenvalue weighted by atomic mass is 32.2. The molecule has 0 saturated carbocycles. The summed E-state index contributed by atoms with van der Waals surface area (Å²) in [6.45, 7) is 5.38. The van der Waals surface area contributed by atoms with E-state index in [1.807, 2.05) is 11.0 Å². The van der Waals surface area contributed by atoms with Crippen molar-refractivity contribution in [3.05, 3.63) is 53.0 Å². The number of hydrogen-bond donors (Lipinski definition) is 1. The first-order valence-electron chi connectivity index (χ1n) is 12.2. The van der Waals surface area contributed by atoms with Crippen molar-refractivity contribution in [3.8, 4) is 0 Å². The Morgan fingerprint density at radius 3 is 2.41 bits per heavy atom. The van der Waals surface area contributed by atoms with Crippen LogP contribution in [0.5, 0.6) is 0 Å². The van der Waals surface area contributed by atoms with Gasteiger partial charge in [0.1, 0.15) is 0 Å². The van der Waals surface area contributed by atoms with Gasteiger partial charge in [-0.3, -0.25) is 4.90 Å². The molecule has 202 valence electrons. The lowest BCUT2D eigenvalue weighted by Crippen LogP contribution is -2.69. The zero-order chi connectivity index (χ0) is 26.6. The molecule has 1 N–H and O–H groups in total. The minimum absolute atomic E-state index is 0.158. The lowest BCUT2D eigenvalue weighted by Gasteiger charge is -2.57. The average Bonchev–Trinajstić information content (AvgIpc) is 2.79. The van der Waals surface area contributed by atoms with Gasteiger partial charge in [-0.05, 0) is 30.7 Å². The van der Waals surface area contributed by atoms with E-state index >= 15 is 0 Å². The molecule has 0 radical (unpaired) electrons. The molecule has 1 aliphatic carbocycles. The van der Waals surface area contributed by atoms with Gasteiger partial charge in [-0.2, -0.15) is 17.5 Å². The fourth-order valence-corrected chi connectivity index (χ4v) is 7.55. The van der Waals surface area contributed by atoms with Crippen molar-refractivity contribution < 1.29 is 31.4 Å². The molecule has 0 amide bonds. The molecular weight excluding hydrogens is 527 g/mol. The number of aliphatic hydroxyl groups is 1. The van der Waals surface area contributed by atoms with Gasteiger partial charge in [0.05, 0.1) is 24.2 Å². The maximum Gasteiger partial charge on any atom is 0.421 e. The summed E-state index contributed by atoms with van der Waals surface area (Å²) in [5.41, 5.74) is -2.33. The molecule has 3 heterocycles. The van der Waals surface area contributed by atoms with Crippen LogP contribution in [0.4, 0.5) is 18.9 Å². The van der Waals surface area contributed by atoms with Gasteiger partial charge >= 0.3 is 6.18 Å². The van der Waals surface area contributed by atoms with E-state index in [0.29, 0.717) is 30.1 Å². The van der Waals surface area contributed by atoms with Gasteiger partial charge < -0.3 is 14.7 Å². The molecule has 7 nitrogen and oxygen atoms in total. The number of rotatable bonds is 6. The quantitative estimate of drug-likeness (QED) is 0.540. The summed E-state index contributed by atoms with van der Waals surface area (Å²) >= 11 is 5.33. The van der Waals surface area contributed by atoms with E-state index in [-0.39, 0.29) is 35.0 Å². The normalized spacial score (nSPS) is 26.4. The molecule has 0 aromatic heterocycles. The second kappa shape index (κ2) is 9.42. The summed E-state index contributed by atoms with van der Waals surface area (Å²) in [6.07, 6.45) is 0.679. The molecular formula is C25H30F3N3O4S2. The summed E-state index contributed by atoms with van der Waals surface area (Å²) in [7, 11) is -3.78. The number of nitrogens with zero attached hydrogens (tertiary/aromatic N) is 3. The highest BCUT2D eigenvalue weighted by Crippen LogP contribution is 2.40. The van der Waals surface area contributed by atoms with E-state index in [1.54, 1.807) is 24.3 Å². The van der Waals surface area contributed by atoms with Crippen LogP contribution in [0, 0.1) is 5.41 Å². The number of sulfonamides is 1. The zero-order valence-electron chi connectivity index (χ0n) is 20.4. The number of piperazine rings is 1. The van der Waals surface area contributed by atoms with Crippen LogP contribution >= 0.6 is 12.2 Å². The van der Waals surface area contributed by atoms with Crippen molar-refractivity contribution in [1.82, 2.24) is 9.21 Å². The molecule has 12 heteroatoms. The lowest BCUT2D eigenvalue weighted by atomic mass is 9.78. The molecule has 1 aromatic carbocycles. The van der Waals surface area contributed by atoms with Gasteiger partial charge in [0.25, 0.3) is 0 Å². The molecule has 1 aromatic rings. The maximum absolute atomic E-state index is 13.5. The standard InChI is InChI=1S/C25H30F3N3O4S2/c1-23(32,25(26,27)28)18-6-8-19(9-7-18)31-11-10-30(37(33,34)22-5-3-2-4-21(22)36)13-20(31)12-29-14-24(15-29)16-35-17-24/h2-3,5-9,20,32H,4,10-17H2,1H3/t20-,23-/m0/s1. The Kier molecular flexibility index (Phi) is 6.82. The number of hydrogen-bond acceptors (Lipinski definition) is 7. The first-order valence-corrected chi connectivity index (χ1v) is 14.0. The Bertz CT molecular complexity index is 1220. The van der Waals surface area contributed by atoms with Crippen LogP contribution in [0.3, 0.4) is 0 Å². The fourth-order valence-electron chi connectivity index (χ4n) is 5.48.